The zero-order valence-corrected chi connectivity index (χ0v) is 11.1. The maximum Gasteiger partial charge on any atom is 0.356 e. The number of carbonyl (C=O) groups excluding carboxylic acids is 1. The van der Waals surface area contributed by atoms with Gasteiger partial charge < -0.3 is 10.4 Å². The van der Waals surface area contributed by atoms with Crippen molar-refractivity contribution < 1.29 is 14.7 Å². The van der Waals surface area contributed by atoms with E-state index in [9.17, 15) is 9.59 Å². The molecule has 0 bridgehead atoms. The number of rotatable bonds is 3. The van der Waals surface area contributed by atoms with E-state index in [2.05, 4.69) is 15.3 Å². The number of anilines is 1. The smallest absolute Gasteiger partial charge is 0.356 e. The summed E-state index contributed by atoms with van der Waals surface area (Å²) in [5.41, 5.74) is 0.612. The molecule has 0 atom stereocenters. The van der Waals surface area contributed by atoms with Crippen LogP contribution in [0.25, 0.3) is 0 Å². The summed E-state index contributed by atoms with van der Waals surface area (Å²) in [6, 6.07) is 3.06. The Morgan fingerprint density at radius 3 is 2.68 bits per heavy atom. The quantitative estimate of drug-likeness (QED) is 0.896. The highest BCUT2D eigenvalue weighted by molar-refractivity contribution is 7.13. The van der Waals surface area contributed by atoms with Crippen LogP contribution in [0.1, 0.15) is 30.9 Å². The van der Waals surface area contributed by atoms with Gasteiger partial charge in [-0.3, -0.25) is 4.79 Å². The van der Waals surface area contributed by atoms with Crippen LogP contribution in [0.3, 0.4) is 0 Å². The molecular formula is C12H11N3O3S. The van der Waals surface area contributed by atoms with Crippen LogP contribution >= 0.6 is 11.3 Å². The van der Waals surface area contributed by atoms with Gasteiger partial charge >= 0.3 is 5.97 Å². The Hall–Kier alpha value is -2.28. The van der Waals surface area contributed by atoms with Crippen LogP contribution in [0.5, 0.6) is 0 Å². The zero-order chi connectivity index (χ0) is 14.0. The van der Waals surface area contributed by atoms with Gasteiger partial charge in [0.2, 0.25) is 0 Å². The number of hydrogen-bond acceptors (Lipinski definition) is 5. The van der Waals surface area contributed by atoms with Gasteiger partial charge in [0.1, 0.15) is 4.88 Å². The van der Waals surface area contributed by atoms with E-state index < -0.39 is 5.97 Å². The van der Waals surface area contributed by atoms with Gasteiger partial charge in [0.15, 0.2) is 5.69 Å². The number of aryl methyl sites for hydroxylation is 2. The lowest BCUT2D eigenvalue weighted by Gasteiger charge is -2.06. The van der Waals surface area contributed by atoms with Crippen LogP contribution < -0.4 is 5.32 Å². The molecule has 2 N–H and O–H groups in total. The fourth-order valence-corrected chi connectivity index (χ4v) is 2.41. The van der Waals surface area contributed by atoms with Crippen molar-refractivity contribution in [1.29, 1.82) is 0 Å². The van der Waals surface area contributed by atoms with Gasteiger partial charge in [-0.05, 0) is 26.0 Å². The number of carboxylic acids is 1. The molecule has 0 saturated heterocycles. The van der Waals surface area contributed by atoms with E-state index in [1.165, 1.54) is 23.6 Å². The molecule has 0 fully saturated rings. The summed E-state index contributed by atoms with van der Waals surface area (Å²) in [4.78, 5) is 31.4. The minimum absolute atomic E-state index is 0.172. The van der Waals surface area contributed by atoms with Gasteiger partial charge in [-0.15, -0.1) is 11.3 Å². The van der Waals surface area contributed by atoms with E-state index in [-0.39, 0.29) is 17.3 Å². The number of carboxylic acid groups (broad SMARTS) is 1. The molecule has 19 heavy (non-hydrogen) atoms. The third-order valence-corrected chi connectivity index (χ3v) is 3.44. The number of nitrogens with zero attached hydrogens (tertiary/aromatic N) is 2. The first kappa shape index (κ1) is 13.2. The van der Waals surface area contributed by atoms with Gasteiger partial charge in [-0.1, -0.05) is 0 Å². The van der Waals surface area contributed by atoms with E-state index in [0.29, 0.717) is 10.6 Å². The lowest BCUT2D eigenvalue weighted by Crippen LogP contribution is -2.15. The number of carbonyl (C=O) groups is 2. The summed E-state index contributed by atoms with van der Waals surface area (Å²) in [6.07, 6.45) is 1.36. The molecule has 0 unspecified atom stereocenters. The second-order valence-electron chi connectivity index (χ2n) is 3.81. The SMILES string of the molecule is Cc1nc(C)c(C(=O)Nc2cccnc2C(=O)O)s1. The number of nitrogens with one attached hydrogen (secondary N) is 1. The van der Waals surface area contributed by atoms with Crippen molar-refractivity contribution in [1.82, 2.24) is 9.97 Å². The first-order chi connectivity index (χ1) is 8.99. The second-order valence-corrected chi connectivity index (χ2v) is 5.01. The van der Waals surface area contributed by atoms with Crippen molar-refractivity contribution in [3.8, 4) is 0 Å². The molecule has 2 rings (SSSR count). The zero-order valence-electron chi connectivity index (χ0n) is 10.3. The molecule has 0 aromatic carbocycles. The maximum atomic E-state index is 12.1. The first-order valence-corrected chi connectivity index (χ1v) is 6.24. The average molecular weight is 277 g/mol. The summed E-state index contributed by atoms with van der Waals surface area (Å²) in [5.74, 6) is -1.56. The summed E-state index contributed by atoms with van der Waals surface area (Å²) in [7, 11) is 0. The lowest BCUT2D eigenvalue weighted by atomic mass is 10.3. The number of aromatic nitrogens is 2. The molecule has 0 aliphatic heterocycles. The fourth-order valence-electron chi connectivity index (χ4n) is 1.60. The van der Waals surface area contributed by atoms with Crippen LogP contribution in [0.15, 0.2) is 18.3 Å². The van der Waals surface area contributed by atoms with Gasteiger partial charge in [0.25, 0.3) is 5.91 Å². The predicted octanol–water partition coefficient (Wildman–Crippen LogP) is 2.11. The Balaban J connectivity index is 2.29. The summed E-state index contributed by atoms with van der Waals surface area (Å²) >= 11 is 1.26. The predicted molar refractivity (Wildman–Crippen MR) is 70.7 cm³/mol. The summed E-state index contributed by atoms with van der Waals surface area (Å²) < 4.78 is 0. The normalized spacial score (nSPS) is 10.2. The third kappa shape index (κ3) is 2.76. The van der Waals surface area contributed by atoms with Crippen LogP contribution in [-0.4, -0.2) is 27.0 Å². The maximum absolute atomic E-state index is 12.1. The van der Waals surface area contributed by atoms with E-state index in [1.54, 1.807) is 19.9 Å². The Morgan fingerprint density at radius 1 is 1.37 bits per heavy atom. The molecule has 0 aliphatic rings. The lowest BCUT2D eigenvalue weighted by molar-refractivity contribution is 0.0692. The molecule has 2 aromatic rings. The molecule has 7 heteroatoms. The number of amides is 1. The van der Waals surface area contributed by atoms with Gasteiger partial charge in [0, 0.05) is 6.20 Å². The number of aromatic carboxylic acids is 1. The summed E-state index contributed by atoms with van der Waals surface area (Å²) in [5, 5.41) is 12.3. The number of thiazole rings is 1. The largest absolute Gasteiger partial charge is 0.476 e. The highest BCUT2D eigenvalue weighted by atomic mass is 32.1. The molecule has 2 aromatic heterocycles. The van der Waals surface area contributed by atoms with Gasteiger partial charge in [0.05, 0.1) is 16.4 Å². The van der Waals surface area contributed by atoms with Crippen LogP contribution in [0, 0.1) is 13.8 Å². The Kier molecular flexibility index (Phi) is 3.57. The van der Waals surface area contributed by atoms with Crippen molar-refractivity contribution in [3.05, 3.63) is 39.6 Å². The van der Waals surface area contributed by atoms with Gasteiger partial charge in [-0.2, -0.15) is 0 Å². The minimum Gasteiger partial charge on any atom is -0.476 e. The molecule has 98 valence electrons. The van der Waals surface area contributed by atoms with Crippen molar-refractivity contribution in [3.63, 3.8) is 0 Å². The first-order valence-electron chi connectivity index (χ1n) is 5.42. The molecule has 0 saturated carbocycles. The second kappa shape index (κ2) is 5.15. The fraction of sp³-hybridized carbons (Fsp3) is 0.167. The standard InChI is InChI=1S/C12H11N3O3S/c1-6-10(19-7(2)14-6)11(16)15-8-4-3-5-13-9(8)12(17)18/h3-5H,1-2H3,(H,15,16)(H,17,18). The number of hydrogen-bond donors (Lipinski definition) is 2. The van der Waals surface area contributed by atoms with Gasteiger partial charge in [-0.25, -0.2) is 14.8 Å². The van der Waals surface area contributed by atoms with E-state index >= 15 is 0 Å². The van der Waals surface area contributed by atoms with E-state index in [0.717, 1.165) is 5.01 Å². The van der Waals surface area contributed by atoms with Crippen molar-refractivity contribution in [2.75, 3.05) is 5.32 Å². The van der Waals surface area contributed by atoms with Crippen LogP contribution in [0.4, 0.5) is 5.69 Å². The number of pyridine rings is 1. The molecule has 2 heterocycles. The van der Waals surface area contributed by atoms with Crippen LogP contribution in [-0.2, 0) is 0 Å². The van der Waals surface area contributed by atoms with Crippen molar-refractivity contribution >= 4 is 28.9 Å². The van der Waals surface area contributed by atoms with E-state index in [1.807, 2.05) is 0 Å². The average Bonchev–Trinajstić information content (AvgIpc) is 2.69. The molecule has 0 radical (unpaired) electrons. The third-order valence-electron chi connectivity index (χ3n) is 2.37. The molecule has 0 aliphatic carbocycles. The van der Waals surface area contributed by atoms with E-state index in [4.69, 9.17) is 5.11 Å². The molecule has 6 nitrogen and oxygen atoms in total. The van der Waals surface area contributed by atoms with Crippen molar-refractivity contribution in [2.24, 2.45) is 0 Å². The minimum atomic E-state index is -1.19. The monoisotopic (exact) mass is 277 g/mol. The topological polar surface area (TPSA) is 92.2 Å². The Morgan fingerprint density at radius 2 is 2.11 bits per heavy atom. The van der Waals surface area contributed by atoms with Crippen LogP contribution in [0.2, 0.25) is 0 Å². The molecule has 1 amide bonds. The summed E-state index contributed by atoms with van der Waals surface area (Å²) in [6.45, 7) is 3.54. The highest BCUT2D eigenvalue weighted by Crippen LogP contribution is 2.20. The molecular weight excluding hydrogens is 266 g/mol. The highest BCUT2D eigenvalue weighted by Gasteiger charge is 2.17. The molecule has 0 spiro atoms. The Labute approximate surface area is 113 Å². The van der Waals surface area contributed by atoms with Crippen molar-refractivity contribution in [2.45, 2.75) is 13.8 Å². The Bertz CT molecular complexity index is 651.